The number of aryl methyl sites for hydroxylation is 2. The van der Waals surface area contributed by atoms with Gasteiger partial charge in [0.05, 0.1) is 11.3 Å². The molecule has 0 aliphatic rings. The van der Waals surface area contributed by atoms with E-state index in [2.05, 4.69) is 10.1 Å². The standard InChI is InChI=1S/C18H15N5O3/c1-12-8-13(23(24)25)5-6-17(12)26-18-4-3-7-22-16(18)9-14(20-22)15-10-21(2)11-19-15/h3-11H,1-2H3. The van der Waals surface area contributed by atoms with Gasteiger partial charge in [-0.05, 0) is 36.8 Å². The second kappa shape index (κ2) is 5.99. The molecule has 3 aromatic heterocycles. The molecule has 0 fully saturated rings. The van der Waals surface area contributed by atoms with Gasteiger partial charge in [-0.3, -0.25) is 10.1 Å². The molecule has 0 radical (unpaired) electrons. The summed E-state index contributed by atoms with van der Waals surface area (Å²) in [7, 11) is 1.90. The zero-order valence-electron chi connectivity index (χ0n) is 14.2. The summed E-state index contributed by atoms with van der Waals surface area (Å²) < 4.78 is 9.58. The van der Waals surface area contributed by atoms with E-state index >= 15 is 0 Å². The van der Waals surface area contributed by atoms with Gasteiger partial charge in [0.1, 0.15) is 22.7 Å². The maximum Gasteiger partial charge on any atom is 0.269 e. The molecule has 3 heterocycles. The molecule has 0 saturated heterocycles. The number of hydrogen-bond donors (Lipinski definition) is 0. The summed E-state index contributed by atoms with van der Waals surface area (Å²) in [5, 5.41) is 15.4. The highest BCUT2D eigenvalue weighted by atomic mass is 16.6. The van der Waals surface area contributed by atoms with Crippen molar-refractivity contribution in [1.82, 2.24) is 19.2 Å². The van der Waals surface area contributed by atoms with Gasteiger partial charge < -0.3 is 9.30 Å². The summed E-state index contributed by atoms with van der Waals surface area (Å²) in [5.74, 6) is 1.17. The third kappa shape index (κ3) is 2.77. The molecule has 1 aromatic carbocycles. The fourth-order valence-corrected chi connectivity index (χ4v) is 2.73. The predicted octanol–water partition coefficient (Wildman–Crippen LogP) is 3.74. The summed E-state index contributed by atoms with van der Waals surface area (Å²) in [5.41, 5.74) is 3.02. The molecule has 0 atom stereocenters. The average molecular weight is 349 g/mol. The smallest absolute Gasteiger partial charge is 0.269 e. The molecule has 8 heteroatoms. The van der Waals surface area contributed by atoms with Gasteiger partial charge in [-0.15, -0.1) is 0 Å². The van der Waals surface area contributed by atoms with Crippen molar-refractivity contribution in [2.24, 2.45) is 7.05 Å². The van der Waals surface area contributed by atoms with Crippen LogP contribution in [0.1, 0.15) is 5.56 Å². The van der Waals surface area contributed by atoms with Gasteiger partial charge >= 0.3 is 0 Å². The normalized spacial score (nSPS) is 11.0. The monoisotopic (exact) mass is 349 g/mol. The molecular formula is C18H15N5O3. The number of imidazole rings is 1. The van der Waals surface area contributed by atoms with Crippen molar-refractivity contribution in [3.63, 3.8) is 0 Å². The van der Waals surface area contributed by atoms with E-state index in [0.717, 1.165) is 16.9 Å². The number of ether oxygens (including phenoxy) is 1. The third-order valence-corrected chi connectivity index (χ3v) is 4.02. The number of nitro groups is 1. The molecule has 0 amide bonds. The first-order chi connectivity index (χ1) is 12.5. The molecule has 0 spiro atoms. The average Bonchev–Trinajstić information content (AvgIpc) is 3.23. The van der Waals surface area contributed by atoms with Gasteiger partial charge in [-0.2, -0.15) is 5.10 Å². The van der Waals surface area contributed by atoms with E-state index in [1.54, 1.807) is 23.8 Å². The summed E-state index contributed by atoms with van der Waals surface area (Å²) in [6.45, 7) is 1.78. The Hall–Kier alpha value is -3.68. The van der Waals surface area contributed by atoms with E-state index < -0.39 is 4.92 Å². The third-order valence-electron chi connectivity index (χ3n) is 4.02. The van der Waals surface area contributed by atoms with Gasteiger partial charge in [-0.25, -0.2) is 9.50 Å². The van der Waals surface area contributed by atoms with Crippen molar-refractivity contribution < 1.29 is 9.66 Å². The van der Waals surface area contributed by atoms with Crippen LogP contribution in [-0.4, -0.2) is 24.1 Å². The van der Waals surface area contributed by atoms with Gasteiger partial charge in [0.2, 0.25) is 0 Å². The second-order valence-corrected chi connectivity index (χ2v) is 5.97. The molecule has 0 saturated carbocycles. The van der Waals surface area contributed by atoms with E-state index in [0.29, 0.717) is 17.1 Å². The minimum atomic E-state index is -0.423. The molecular weight excluding hydrogens is 334 g/mol. The highest BCUT2D eigenvalue weighted by molar-refractivity contribution is 5.69. The minimum Gasteiger partial charge on any atom is -0.455 e. The van der Waals surface area contributed by atoms with Crippen LogP contribution >= 0.6 is 0 Å². The lowest BCUT2D eigenvalue weighted by molar-refractivity contribution is -0.384. The van der Waals surface area contributed by atoms with Crippen LogP contribution in [0.4, 0.5) is 5.69 Å². The van der Waals surface area contributed by atoms with Crippen LogP contribution in [0.15, 0.2) is 55.1 Å². The number of rotatable bonds is 4. The lowest BCUT2D eigenvalue weighted by Crippen LogP contribution is -1.94. The Labute approximate surface area is 148 Å². The molecule has 0 aliphatic heterocycles. The van der Waals surface area contributed by atoms with Crippen LogP contribution in [0.2, 0.25) is 0 Å². The van der Waals surface area contributed by atoms with Gasteiger partial charge in [-0.1, -0.05) is 0 Å². The second-order valence-electron chi connectivity index (χ2n) is 5.97. The Bertz CT molecular complexity index is 1130. The van der Waals surface area contributed by atoms with E-state index in [1.807, 2.05) is 42.2 Å². The maximum atomic E-state index is 10.9. The summed E-state index contributed by atoms with van der Waals surface area (Å²) in [6, 6.07) is 10.1. The topological polar surface area (TPSA) is 87.5 Å². The van der Waals surface area contributed by atoms with Crippen LogP contribution in [0.3, 0.4) is 0 Å². The highest BCUT2D eigenvalue weighted by Crippen LogP contribution is 2.32. The predicted molar refractivity (Wildman–Crippen MR) is 95.3 cm³/mol. The van der Waals surface area contributed by atoms with Crippen molar-refractivity contribution >= 4 is 11.2 Å². The largest absolute Gasteiger partial charge is 0.455 e. The van der Waals surface area contributed by atoms with Crippen molar-refractivity contribution in [1.29, 1.82) is 0 Å². The van der Waals surface area contributed by atoms with Crippen LogP contribution < -0.4 is 4.74 Å². The van der Waals surface area contributed by atoms with Crippen molar-refractivity contribution in [2.75, 3.05) is 0 Å². The Morgan fingerprint density at radius 2 is 2.00 bits per heavy atom. The number of nitro benzene ring substituents is 1. The number of non-ortho nitro benzene ring substituents is 1. The van der Waals surface area contributed by atoms with E-state index in [1.165, 1.54) is 12.1 Å². The first-order valence-corrected chi connectivity index (χ1v) is 7.91. The molecule has 4 aromatic rings. The fraction of sp³-hybridized carbons (Fsp3) is 0.111. The molecule has 0 unspecified atom stereocenters. The number of benzene rings is 1. The SMILES string of the molecule is Cc1cc([N+](=O)[O-])ccc1Oc1cccn2nc(-c3cn(C)cn3)cc12. The number of fused-ring (bicyclic) bond motifs is 1. The van der Waals surface area contributed by atoms with E-state index in [-0.39, 0.29) is 5.69 Å². The minimum absolute atomic E-state index is 0.0369. The van der Waals surface area contributed by atoms with Crippen molar-refractivity contribution in [3.8, 4) is 22.9 Å². The molecule has 0 bridgehead atoms. The van der Waals surface area contributed by atoms with Crippen LogP contribution in [0.5, 0.6) is 11.5 Å². The number of hydrogen-bond acceptors (Lipinski definition) is 5. The summed E-state index contributed by atoms with van der Waals surface area (Å²) >= 11 is 0. The Morgan fingerprint density at radius 1 is 1.15 bits per heavy atom. The van der Waals surface area contributed by atoms with Crippen LogP contribution in [0.25, 0.3) is 16.9 Å². The number of nitrogens with zero attached hydrogens (tertiary/aromatic N) is 5. The zero-order chi connectivity index (χ0) is 18.3. The van der Waals surface area contributed by atoms with Gasteiger partial charge in [0.25, 0.3) is 5.69 Å². The maximum absolute atomic E-state index is 10.9. The zero-order valence-corrected chi connectivity index (χ0v) is 14.2. The van der Waals surface area contributed by atoms with E-state index in [9.17, 15) is 10.1 Å². The molecule has 4 rings (SSSR count). The Kier molecular flexibility index (Phi) is 3.65. The Balaban J connectivity index is 1.73. The van der Waals surface area contributed by atoms with Crippen molar-refractivity contribution in [3.05, 3.63) is 70.8 Å². The molecule has 0 aliphatic carbocycles. The first-order valence-electron chi connectivity index (χ1n) is 7.91. The molecule has 130 valence electrons. The molecule has 26 heavy (non-hydrogen) atoms. The lowest BCUT2D eigenvalue weighted by Gasteiger charge is -2.09. The van der Waals surface area contributed by atoms with Crippen LogP contribution in [0, 0.1) is 17.0 Å². The highest BCUT2D eigenvalue weighted by Gasteiger charge is 2.13. The quantitative estimate of drug-likeness (QED) is 0.414. The van der Waals surface area contributed by atoms with E-state index in [4.69, 9.17) is 4.74 Å². The lowest BCUT2D eigenvalue weighted by atomic mass is 10.2. The first kappa shape index (κ1) is 15.8. The van der Waals surface area contributed by atoms with Crippen LogP contribution in [-0.2, 0) is 7.05 Å². The summed E-state index contributed by atoms with van der Waals surface area (Å²) in [4.78, 5) is 14.8. The molecule has 8 nitrogen and oxygen atoms in total. The van der Waals surface area contributed by atoms with Gasteiger partial charge in [0, 0.05) is 31.6 Å². The Morgan fingerprint density at radius 3 is 2.69 bits per heavy atom. The molecule has 0 N–H and O–H groups in total. The van der Waals surface area contributed by atoms with Crippen molar-refractivity contribution in [2.45, 2.75) is 6.92 Å². The number of aromatic nitrogens is 4. The fourth-order valence-electron chi connectivity index (χ4n) is 2.73. The van der Waals surface area contributed by atoms with Gasteiger partial charge in [0.15, 0.2) is 5.75 Å². The number of pyridine rings is 1. The summed E-state index contributed by atoms with van der Waals surface area (Å²) in [6.07, 6.45) is 5.44.